The van der Waals surface area contributed by atoms with E-state index in [4.69, 9.17) is 4.74 Å². The van der Waals surface area contributed by atoms with Crippen LogP contribution in [-0.2, 0) is 9.53 Å². The molecule has 1 fully saturated rings. The second-order valence-electron chi connectivity index (χ2n) is 4.23. The number of esters is 1. The van der Waals surface area contributed by atoms with Gasteiger partial charge in [0, 0.05) is 6.42 Å². The van der Waals surface area contributed by atoms with E-state index in [1.54, 1.807) is 0 Å². The zero-order chi connectivity index (χ0) is 9.73. The molecule has 0 unspecified atom stereocenters. The molecular formula is C11H20O2. The molecule has 0 radical (unpaired) electrons. The highest BCUT2D eigenvalue weighted by molar-refractivity contribution is 5.69. The summed E-state index contributed by atoms with van der Waals surface area (Å²) >= 11 is 0. The van der Waals surface area contributed by atoms with Crippen molar-refractivity contribution in [3.63, 3.8) is 0 Å². The monoisotopic (exact) mass is 184 g/mol. The number of ether oxygens (including phenoxy) is 1. The normalized spacial score (nSPS) is 20.2. The number of carbonyl (C=O) groups excluding carboxylic acids is 1. The smallest absolute Gasteiger partial charge is 0.306 e. The fourth-order valence-corrected chi connectivity index (χ4v) is 1.87. The SMILES string of the molecule is CCCCC(=O)OC1(C)CCCC1. The van der Waals surface area contributed by atoms with E-state index in [1.165, 1.54) is 12.8 Å². The van der Waals surface area contributed by atoms with Gasteiger partial charge in [0.05, 0.1) is 0 Å². The lowest BCUT2D eigenvalue weighted by Crippen LogP contribution is -2.27. The molecule has 0 heterocycles. The van der Waals surface area contributed by atoms with Gasteiger partial charge in [-0.3, -0.25) is 4.79 Å². The van der Waals surface area contributed by atoms with Crippen molar-refractivity contribution in [3.8, 4) is 0 Å². The molecule has 1 aliphatic rings. The number of hydrogen-bond acceptors (Lipinski definition) is 2. The maximum absolute atomic E-state index is 11.3. The van der Waals surface area contributed by atoms with Crippen LogP contribution < -0.4 is 0 Å². The van der Waals surface area contributed by atoms with E-state index in [2.05, 4.69) is 13.8 Å². The van der Waals surface area contributed by atoms with E-state index in [9.17, 15) is 4.79 Å². The average molecular weight is 184 g/mol. The first-order valence-electron chi connectivity index (χ1n) is 5.38. The van der Waals surface area contributed by atoms with E-state index in [1.807, 2.05) is 0 Å². The lowest BCUT2D eigenvalue weighted by Gasteiger charge is -2.23. The van der Waals surface area contributed by atoms with Crippen LogP contribution in [0.1, 0.15) is 58.8 Å². The first-order valence-corrected chi connectivity index (χ1v) is 5.38. The zero-order valence-corrected chi connectivity index (χ0v) is 8.77. The minimum Gasteiger partial charge on any atom is -0.459 e. The molecule has 0 spiro atoms. The summed E-state index contributed by atoms with van der Waals surface area (Å²) in [6.07, 6.45) is 7.11. The van der Waals surface area contributed by atoms with E-state index >= 15 is 0 Å². The van der Waals surface area contributed by atoms with Gasteiger partial charge in [0.2, 0.25) is 0 Å². The van der Waals surface area contributed by atoms with Crippen molar-refractivity contribution in [1.82, 2.24) is 0 Å². The van der Waals surface area contributed by atoms with Crippen LogP contribution in [0.5, 0.6) is 0 Å². The van der Waals surface area contributed by atoms with Crippen LogP contribution in [0.4, 0.5) is 0 Å². The Morgan fingerprint density at radius 2 is 2.00 bits per heavy atom. The number of unbranched alkanes of at least 4 members (excludes halogenated alkanes) is 1. The van der Waals surface area contributed by atoms with Crippen molar-refractivity contribution >= 4 is 5.97 Å². The highest BCUT2D eigenvalue weighted by Crippen LogP contribution is 2.32. The summed E-state index contributed by atoms with van der Waals surface area (Å²) in [5.41, 5.74) is -0.134. The fourth-order valence-electron chi connectivity index (χ4n) is 1.87. The fraction of sp³-hybridized carbons (Fsp3) is 0.909. The minimum atomic E-state index is -0.134. The van der Waals surface area contributed by atoms with E-state index in [-0.39, 0.29) is 11.6 Å². The number of carbonyl (C=O) groups is 1. The Hall–Kier alpha value is -0.530. The van der Waals surface area contributed by atoms with Crippen molar-refractivity contribution in [3.05, 3.63) is 0 Å². The Labute approximate surface area is 80.7 Å². The molecule has 0 amide bonds. The summed E-state index contributed by atoms with van der Waals surface area (Å²) in [6.45, 7) is 4.15. The van der Waals surface area contributed by atoms with Crippen LogP contribution in [0.3, 0.4) is 0 Å². The minimum absolute atomic E-state index is 0.00810. The highest BCUT2D eigenvalue weighted by atomic mass is 16.6. The molecule has 2 nitrogen and oxygen atoms in total. The third kappa shape index (κ3) is 3.37. The molecule has 0 aromatic carbocycles. The Kier molecular flexibility index (Phi) is 3.76. The molecule has 1 rings (SSSR count). The predicted octanol–water partition coefficient (Wildman–Crippen LogP) is 3.05. The van der Waals surface area contributed by atoms with Crippen molar-refractivity contribution in [1.29, 1.82) is 0 Å². The molecule has 0 N–H and O–H groups in total. The molecule has 0 aromatic rings. The van der Waals surface area contributed by atoms with Gasteiger partial charge in [-0.05, 0) is 39.0 Å². The first-order chi connectivity index (χ1) is 6.16. The van der Waals surface area contributed by atoms with Crippen LogP contribution in [0.2, 0.25) is 0 Å². The summed E-state index contributed by atoms with van der Waals surface area (Å²) in [7, 11) is 0. The van der Waals surface area contributed by atoms with Gasteiger partial charge in [-0.2, -0.15) is 0 Å². The topological polar surface area (TPSA) is 26.3 Å². The lowest BCUT2D eigenvalue weighted by atomic mass is 10.1. The van der Waals surface area contributed by atoms with Crippen LogP contribution in [0.15, 0.2) is 0 Å². The average Bonchev–Trinajstić information content (AvgIpc) is 2.48. The second-order valence-corrected chi connectivity index (χ2v) is 4.23. The Morgan fingerprint density at radius 1 is 1.38 bits per heavy atom. The molecule has 0 bridgehead atoms. The van der Waals surface area contributed by atoms with Crippen molar-refractivity contribution in [2.45, 2.75) is 64.4 Å². The molecule has 76 valence electrons. The summed E-state index contributed by atoms with van der Waals surface area (Å²) in [6, 6.07) is 0. The Morgan fingerprint density at radius 3 is 2.54 bits per heavy atom. The summed E-state index contributed by atoms with van der Waals surface area (Å²) < 4.78 is 5.46. The van der Waals surface area contributed by atoms with E-state index < -0.39 is 0 Å². The van der Waals surface area contributed by atoms with Crippen LogP contribution in [-0.4, -0.2) is 11.6 Å². The zero-order valence-electron chi connectivity index (χ0n) is 8.77. The first kappa shape index (κ1) is 10.6. The summed E-state index contributed by atoms with van der Waals surface area (Å²) in [5.74, 6) is -0.00810. The standard InChI is InChI=1S/C11H20O2/c1-3-4-7-10(12)13-11(2)8-5-6-9-11/h3-9H2,1-2H3. The summed E-state index contributed by atoms with van der Waals surface area (Å²) in [5, 5.41) is 0. The van der Waals surface area contributed by atoms with Gasteiger partial charge in [-0.25, -0.2) is 0 Å². The molecule has 0 atom stereocenters. The van der Waals surface area contributed by atoms with Crippen LogP contribution >= 0.6 is 0 Å². The van der Waals surface area contributed by atoms with Crippen molar-refractivity contribution in [2.24, 2.45) is 0 Å². The maximum Gasteiger partial charge on any atom is 0.306 e. The van der Waals surface area contributed by atoms with Gasteiger partial charge in [-0.1, -0.05) is 13.3 Å². The van der Waals surface area contributed by atoms with E-state index in [0.717, 1.165) is 25.7 Å². The largest absolute Gasteiger partial charge is 0.459 e. The molecule has 1 saturated carbocycles. The lowest BCUT2D eigenvalue weighted by molar-refractivity contribution is -0.157. The Bertz CT molecular complexity index is 169. The van der Waals surface area contributed by atoms with Crippen LogP contribution in [0, 0.1) is 0 Å². The highest BCUT2D eigenvalue weighted by Gasteiger charge is 2.32. The van der Waals surface area contributed by atoms with Crippen molar-refractivity contribution < 1.29 is 9.53 Å². The quantitative estimate of drug-likeness (QED) is 0.628. The van der Waals surface area contributed by atoms with E-state index in [0.29, 0.717) is 6.42 Å². The third-order valence-corrected chi connectivity index (χ3v) is 2.76. The number of rotatable bonds is 4. The van der Waals surface area contributed by atoms with Crippen molar-refractivity contribution in [2.75, 3.05) is 0 Å². The van der Waals surface area contributed by atoms with Gasteiger partial charge < -0.3 is 4.74 Å². The van der Waals surface area contributed by atoms with Gasteiger partial charge >= 0.3 is 5.97 Å². The Balaban J connectivity index is 2.26. The molecule has 0 aromatic heterocycles. The molecular weight excluding hydrogens is 164 g/mol. The van der Waals surface area contributed by atoms with Gasteiger partial charge in [0.15, 0.2) is 0 Å². The molecule has 0 aliphatic heterocycles. The maximum atomic E-state index is 11.3. The van der Waals surface area contributed by atoms with Crippen LogP contribution in [0.25, 0.3) is 0 Å². The molecule has 2 heteroatoms. The second kappa shape index (κ2) is 4.64. The predicted molar refractivity (Wildman–Crippen MR) is 52.5 cm³/mol. The molecule has 13 heavy (non-hydrogen) atoms. The van der Waals surface area contributed by atoms with Gasteiger partial charge in [0.1, 0.15) is 5.60 Å². The van der Waals surface area contributed by atoms with Gasteiger partial charge in [-0.15, -0.1) is 0 Å². The molecule has 1 aliphatic carbocycles. The number of hydrogen-bond donors (Lipinski definition) is 0. The van der Waals surface area contributed by atoms with Gasteiger partial charge in [0.25, 0.3) is 0 Å². The summed E-state index contributed by atoms with van der Waals surface area (Å²) in [4.78, 5) is 11.3. The third-order valence-electron chi connectivity index (χ3n) is 2.76. The molecule has 0 saturated heterocycles.